The monoisotopic (exact) mass is 227 g/mol. The van der Waals surface area contributed by atoms with Crippen LogP contribution in [-0.2, 0) is 13.0 Å². The predicted molar refractivity (Wildman–Crippen MR) is 66.3 cm³/mol. The Balaban J connectivity index is 2.30. The fraction of sp³-hybridized carbons (Fsp3) is 0.727. The van der Waals surface area contributed by atoms with Crippen molar-refractivity contribution in [2.45, 2.75) is 32.9 Å². The SMILES string of the molecule is CCc1nc(CNC(C)CN(C)C)cs1. The second-order valence-corrected chi connectivity index (χ2v) is 5.07. The molecule has 1 aromatic rings. The van der Waals surface area contributed by atoms with E-state index in [1.54, 1.807) is 11.3 Å². The Morgan fingerprint density at radius 1 is 1.53 bits per heavy atom. The van der Waals surface area contributed by atoms with Crippen molar-refractivity contribution >= 4 is 11.3 Å². The zero-order chi connectivity index (χ0) is 11.3. The molecule has 0 bridgehead atoms. The summed E-state index contributed by atoms with van der Waals surface area (Å²) in [5, 5.41) is 6.85. The van der Waals surface area contributed by atoms with Crippen LogP contribution in [0.4, 0.5) is 0 Å². The van der Waals surface area contributed by atoms with Gasteiger partial charge in [-0.2, -0.15) is 0 Å². The second kappa shape index (κ2) is 6.20. The maximum absolute atomic E-state index is 4.52. The molecule has 0 aromatic carbocycles. The molecule has 1 N–H and O–H groups in total. The Hall–Kier alpha value is -0.450. The minimum absolute atomic E-state index is 0.506. The third-order valence-electron chi connectivity index (χ3n) is 2.17. The first-order valence-electron chi connectivity index (χ1n) is 5.43. The number of aromatic nitrogens is 1. The maximum Gasteiger partial charge on any atom is 0.0926 e. The molecule has 0 aliphatic heterocycles. The second-order valence-electron chi connectivity index (χ2n) is 4.13. The lowest BCUT2D eigenvalue weighted by Crippen LogP contribution is -2.35. The summed E-state index contributed by atoms with van der Waals surface area (Å²) in [6.45, 7) is 6.29. The Kier molecular flexibility index (Phi) is 5.22. The van der Waals surface area contributed by atoms with Crippen LogP contribution < -0.4 is 5.32 Å². The average molecular weight is 227 g/mol. The van der Waals surface area contributed by atoms with Crippen LogP contribution in [-0.4, -0.2) is 36.6 Å². The van der Waals surface area contributed by atoms with Crippen LogP contribution in [0.5, 0.6) is 0 Å². The normalized spacial score (nSPS) is 13.4. The Labute approximate surface area is 96.5 Å². The van der Waals surface area contributed by atoms with Gasteiger partial charge in [0, 0.05) is 24.5 Å². The number of nitrogens with zero attached hydrogens (tertiary/aromatic N) is 2. The lowest BCUT2D eigenvalue weighted by atomic mass is 10.3. The van der Waals surface area contributed by atoms with Crippen LogP contribution >= 0.6 is 11.3 Å². The van der Waals surface area contributed by atoms with Crippen molar-refractivity contribution < 1.29 is 0 Å². The zero-order valence-electron chi connectivity index (χ0n) is 10.1. The molecule has 0 radical (unpaired) electrons. The van der Waals surface area contributed by atoms with Crippen LogP contribution in [0.15, 0.2) is 5.38 Å². The van der Waals surface area contributed by atoms with E-state index < -0.39 is 0 Å². The van der Waals surface area contributed by atoms with Crippen LogP contribution in [0, 0.1) is 0 Å². The molecule has 1 unspecified atom stereocenters. The summed E-state index contributed by atoms with van der Waals surface area (Å²) in [6.07, 6.45) is 1.04. The van der Waals surface area contributed by atoms with Crippen molar-refractivity contribution in [1.29, 1.82) is 0 Å². The van der Waals surface area contributed by atoms with Crippen LogP contribution in [0.2, 0.25) is 0 Å². The maximum atomic E-state index is 4.52. The third kappa shape index (κ3) is 4.73. The minimum atomic E-state index is 0.506. The average Bonchev–Trinajstić information content (AvgIpc) is 2.61. The molecule has 0 aliphatic carbocycles. The summed E-state index contributed by atoms with van der Waals surface area (Å²) >= 11 is 1.75. The topological polar surface area (TPSA) is 28.2 Å². The molecule has 0 amide bonds. The number of rotatable bonds is 6. The molecule has 86 valence electrons. The first kappa shape index (κ1) is 12.6. The van der Waals surface area contributed by atoms with Crippen molar-refractivity contribution in [3.8, 4) is 0 Å². The van der Waals surface area contributed by atoms with Gasteiger partial charge in [0.15, 0.2) is 0 Å². The van der Waals surface area contributed by atoms with Gasteiger partial charge in [0.25, 0.3) is 0 Å². The van der Waals surface area contributed by atoms with E-state index in [0.717, 1.165) is 19.5 Å². The third-order valence-corrected chi connectivity index (χ3v) is 3.21. The van der Waals surface area contributed by atoms with Gasteiger partial charge in [0.1, 0.15) is 0 Å². The number of hydrogen-bond donors (Lipinski definition) is 1. The Bertz CT molecular complexity index is 283. The summed E-state index contributed by atoms with van der Waals surface area (Å²) in [5.41, 5.74) is 1.17. The van der Waals surface area contributed by atoms with E-state index in [4.69, 9.17) is 0 Å². The predicted octanol–water partition coefficient (Wildman–Crippen LogP) is 1.75. The highest BCUT2D eigenvalue weighted by Crippen LogP contribution is 2.09. The van der Waals surface area contributed by atoms with Crippen molar-refractivity contribution in [3.63, 3.8) is 0 Å². The number of likely N-dealkylation sites (N-methyl/N-ethyl adjacent to an activating group) is 1. The molecule has 15 heavy (non-hydrogen) atoms. The molecular formula is C11H21N3S. The van der Waals surface area contributed by atoms with E-state index in [2.05, 4.69) is 48.5 Å². The molecule has 4 heteroatoms. The standard InChI is InChI=1S/C11H21N3S/c1-5-11-13-10(8-15-11)6-12-9(2)7-14(3)4/h8-9,12H,5-7H2,1-4H3. The molecule has 1 aromatic heterocycles. The highest BCUT2D eigenvalue weighted by molar-refractivity contribution is 7.09. The van der Waals surface area contributed by atoms with Crippen molar-refractivity contribution in [3.05, 3.63) is 16.1 Å². The van der Waals surface area contributed by atoms with E-state index in [9.17, 15) is 0 Å². The smallest absolute Gasteiger partial charge is 0.0926 e. The molecule has 3 nitrogen and oxygen atoms in total. The molecule has 1 atom stereocenters. The summed E-state index contributed by atoms with van der Waals surface area (Å²) in [6, 6.07) is 0.506. The largest absolute Gasteiger partial charge is 0.308 e. The quantitative estimate of drug-likeness (QED) is 0.802. The molecule has 0 spiro atoms. The van der Waals surface area contributed by atoms with Gasteiger partial charge in [-0.1, -0.05) is 6.92 Å². The lowest BCUT2D eigenvalue weighted by molar-refractivity contribution is 0.348. The molecule has 0 aliphatic rings. The molecule has 0 fully saturated rings. The van der Waals surface area contributed by atoms with E-state index >= 15 is 0 Å². The van der Waals surface area contributed by atoms with Gasteiger partial charge in [-0.05, 0) is 27.4 Å². The van der Waals surface area contributed by atoms with Gasteiger partial charge >= 0.3 is 0 Å². The molecule has 1 heterocycles. The first-order valence-corrected chi connectivity index (χ1v) is 6.31. The van der Waals surface area contributed by atoms with Gasteiger partial charge in [0.05, 0.1) is 10.7 Å². The highest BCUT2D eigenvalue weighted by Gasteiger charge is 2.04. The van der Waals surface area contributed by atoms with Crippen LogP contribution in [0.1, 0.15) is 24.5 Å². The summed E-state index contributed by atoms with van der Waals surface area (Å²) < 4.78 is 0. The fourth-order valence-electron chi connectivity index (χ4n) is 1.48. The summed E-state index contributed by atoms with van der Waals surface area (Å²) in [4.78, 5) is 6.71. The number of thiazole rings is 1. The lowest BCUT2D eigenvalue weighted by Gasteiger charge is -2.17. The Morgan fingerprint density at radius 3 is 2.80 bits per heavy atom. The number of hydrogen-bond acceptors (Lipinski definition) is 4. The molecule has 1 rings (SSSR count). The van der Waals surface area contributed by atoms with Crippen molar-refractivity contribution in [2.24, 2.45) is 0 Å². The van der Waals surface area contributed by atoms with E-state index in [1.807, 2.05) is 0 Å². The first-order chi connectivity index (χ1) is 7.11. The fourth-order valence-corrected chi connectivity index (χ4v) is 2.23. The van der Waals surface area contributed by atoms with Crippen LogP contribution in [0.25, 0.3) is 0 Å². The number of aryl methyl sites for hydroxylation is 1. The van der Waals surface area contributed by atoms with E-state index in [0.29, 0.717) is 6.04 Å². The minimum Gasteiger partial charge on any atom is -0.308 e. The van der Waals surface area contributed by atoms with E-state index in [1.165, 1.54) is 10.7 Å². The summed E-state index contributed by atoms with van der Waals surface area (Å²) in [7, 11) is 4.19. The van der Waals surface area contributed by atoms with Gasteiger partial charge < -0.3 is 10.2 Å². The van der Waals surface area contributed by atoms with Crippen LogP contribution in [0.3, 0.4) is 0 Å². The van der Waals surface area contributed by atoms with Gasteiger partial charge in [0.2, 0.25) is 0 Å². The van der Waals surface area contributed by atoms with E-state index in [-0.39, 0.29) is 0 Å². The van der Waals surface area contributed by atoms with Crippen molar-refractivity contribution in [2.75, 3.05) is 20.6 Å². The molecule has 0 saturated heterocycles. The molecule has 0 saturated carbocycles. The highest BCUT2D eigenvalue weighted by atomic mass is 32.1. The Morgan fingerprint density at radius 2 is 2.27 bits per heavy atom. The van der Waals surface area contributed by atoms with Crippen molar-refractivity contribution in [1.82, 2.24) is 15.2 Å². The van der Waals surface area contributed by atoms with Gasteiger partial charge in [-0.15, -0.1) is 11.3 Å². The number of nitrogens with one attached hydrogen (secondary N) is 1. The van der Waals surface area contributed by atoms with Gasteiger partial charge in [-0.25, -0.2) is 4.98 Å². The zero-order valence-corrected chi connectivity index (χ0v) is 10.9. The molecular weight excluding hydrogens is 206 g/mol. The van der Waals surface area contributed by atoms with Gasteiger partial charge in [-0.3, -0.25) is 0 Å². The summed E-state index contributed by atoms with van der Waals surface area (Å²) in [5.74, 6) is 0.